The molecule has 0 radical (unpaired) electrons. The summed E-state index contributed by atoms with van der Waals surface area (Å²) in [4.78, 5) is 4.94. The second kappa shape index (κ2) is 4.40. The quantitative estimate of drug-likeness (QED) is 0.564. The Kier molecular flexibility index (Phi) is 2.96. The Balaban J connectivity index is 2.47. The third-order valence-corrected chi connectivity index (χ3v) is 2.32. The van der Waals surface area contributed by atoms with Crippen molar-refractivity contribution in [1.29, 1.82) is 0 Å². The molecule has 5 nitrogen and oxygen atoms in total. The first-order valence-electron chi connectivity index (χ1n) is 5.07. The number of ether oxygens (including phenoxy) is 1. The van der Waals surface area contributed by atoms with Crippen molar-refractivity contribution in [1.82, 2.24) is 10.1 Å². The predicted octanol–water partition coefficient (Wildman–Crippen LogP) is 0.761. The topological polar surface area (TPSA) is 62.0 Å². The Morgan fingerprint density at radius 2 is 2.25 bits per heavy atom. The van der Waals surface area contributed by atoms with Crippen molar-refractivity contribution >= 4 is 11.0 Å². The average Bonchev–Trinajstić information content (AvgIpc) is 2.25. The molecule has 0 amide bonds. The fourth-order valence-electron chi connectivity index (χ4n) is 1.50. The van der Waals surface area contributed by atoms with Gasteiger partial charge in [0.25, 0.3) is 5.52 Å². The molecule has 0 spiro atoms. The van der Waals surface area contributed by atoms with Crippen LogP contribution in [0.2, 0.25) is 0 Å². The van der Waals surface area contributed by atoms with E-state index in [0.29, 0.717) is 34.7 Å². The number of aryl methyl sites for hydroxylation is 1. The molecule has 84 valence electrons. The van der Waals surface area contributed by atoms with Gasteiger partial charge in [-0.3, -0.25) is 0 Å². The molecular weight excluding hydrogens is 206 g/mol. The van der Waals surface area contributed by atoms with E-state index in [1.165, 1.54) is 0 Å². The van der Waals surface area contributed by atoms with Crippen molar-refractivity contribution in [2.75, 3.05) is 13.7 Å². The summed E-state index contributed by atoms with van der Waals surface area (Å²) in [5.41, 5.74) is 2.24. The molecule has 0 saturated carbocycles. The van der Waals surface area contributed by atoms with Crippen LogP contribution in [0, 0.1) is 12.1 Å². The van der Waals surface area contributed by atoms with Crippen LogP contribution in [0.3, 0.4) is 0 Å². The summed E-state index contributed by atoms with van der Waals surface area (Å²) in [6.45, 7) is 2.48. The third kappa shape index (κ3) is 2.09. The van der Waals surface area contributed by atoms with Gasteiger partial charge in [-0.05, 0) is 23.4 Å². The molecule has 2 rings (SSSR count). The highest BCUT2D eigenvalue weighted by Gasteiger charge is 2.10. The van der Waals surface area contributed by atoms with Crippen LogP contribution in [0.4, 0.5) is 0 Å². The lowest BCUT2D eigenvalue weighted by atomic mass is 10.2. The first-order chi connectivity index (χ1) is 7.70. The van der Waals surface area contributed by atoms with Crippen molar-refractivity contribution in [3.63, 3.8) is 0 Å². The molecule has 0 bridgehead atoms. The smallest absolute Gasteiger partial charge is 0.270 e. The summed E-state index contributed by atoms with van der Waals surface area (Å²) < 4.78 is 4.93. The van der Waals surface area contributed by atoms with Crippen LogP contribution in [-0.2, 0) is 11.2 Å². The number of hydrogen-bond donors (Lipinski definition) is 0. The maximum Gasteiger partial charge on any atom is 0.270 e. The summed E-state index contributed by atoms with van der Waals surface area (Å²) in [5, 5.41) is 15.4. The van der Waals surface area contributed by atoms with E-state index in [9.17, 15) is 5.21 Å². The maximum absolute atomic E-state index is 11.6. The lowest BCUT2D eigenvalue weighted by Gasteiger charge is -2.02. The third-order valence-electron chi connectivity index (χ3n) is 2.32. The molecule has 0 fully saturated rings. The zero-order chi connectivity index (χ0) is 11.5. The Morgan fingerprint density at radius 1 is 1.44 bits per heavy atom. The number of benzene rings is 1. The minimum Gasteiger partial charge on any atom is -0.594 e. The van der Waals surface area contributed by atoms with Crippen molar-refractivity contribution < 1.29 is 9.58 Å². The van der Waals surface area contributed by atoms with E-state index in [2.05, 4.69) is 10.1 Å². The van der Waals surface area contributed by atoms with Crippen LogP contribution < -0.4 is 4.85 Å². The molecule has 0 aliphatic rings. The van der Waals surface area contributed by atoms with Gasteiger partial charge in [0, 0.05) is 24.7 Å². The molecule has 1 heterocycles. The van der Waals surface area contributed by atoms with Crippen molar-refractivity contribution in [2.45, 2.75) is 13.3 Å². The monoisotopic (exact) mass is 219 g/mol. The number of fused-ring (bicyclic) bond motifs is 1. The number of rotatable bonds is 3. The molecule has 2 aromatic rings. The van der Waals surface area contributed by atoms with Crippen LogP contribution in [0.1, 0.15) is 11.4 Å². The zero-order valence-electron chi connectivity index (χ0n) is 9.30. The van der Waals surface area contributed by atoms with Crippen molar-refractivity contribution in [3.8, 4) is 0 Å². The van der Waals surface area contributed by atoms with Gasteiger partial charge in [-0.25, -0.2) is 4.98 Å². The van der Waals surface area contributed by atoms with Crippen molar-refractivity contribution in [2.24, 2.45) is 0 Å². The van der Waals surface area contributed by atoms with E-state index < -0.39 is 0 Å². The van der Waals surface area contributed by atoms with E-state index in [-0.39, 0.29) is 0 Å². The molecule has 0 atom stereocenters. The molecule has 0 aliphatic heterocycles. The van der Waals surface area contributed by atoms with Gasteiger partial charge < -0.3 is 9.94 Å². The van der Waals surface area contributed by atoms with Crippen LogP contribution in [0.25, 0.3) is 11.0 Å². The van der Waals surface area contributed by atoms with Gasteiger partial charge in [0.2, 0.25) is 5.82 Å². The Hall–Kier alpha value is -1.75. The molecule has 0 N–H and O–H groups in total. The summed E-state index contributed by atoms with van der Waals surface area (Å²) in [5.74, 6) is 0.509. The minimum absolute atomic E-state index is 0.492. The number of nitrogens with zero attached hydrogens (tertiary/aromatic N) is 3. The standard InChI is InChI=1S/C11H13N3O2/c1-8-3-4-10-9(7-8)12-11(5-6-16-2)13-14(10)15/h3-4,7H,5-6H2,1-2H3. The molecule has 1 aromatic carbocycles. The van der Waals surface area contributed by atoms with Crippen LogP contribution >= 0.6 is 0 Å². The second-order valence-electron chi connectivity index (χ2n) is 3.64. The molecule has 5 heteroatoms. The molecule has 0 aliphatic carbocycles. The average molecular weight is 219 g/mol. The lowest BCUT2D eigenvalue weighted by Crippen LogP contribution is -2.34. The largest absolute Gasteiger partial charge is 0.594 e. The predicted molar refractivity (Wildman–Crippen MR) is 58.8 cm³/mol. The number of methoxy groups -OCH3 is 1. The fourth-order valence-corrected chi connectivity index (χ4v) is 1.50. The van der Waals surface area contributed by atoms with Gasteiger partial charge in [-0.2, -0.15) is 0 Å². The molecule has 16 heavy (non-hydrogen) atoms. The highest BCUT2D eigenvalue weighted by Crippen LogP contribution is 2.09. The van der Waals surface area contributed by atoms with E-state index in [1.807, 2.05) is 19.1 Å². The Bertz CT molecular complexity index is 514. The van der Waals surface area contributed by atoms with Gasteiger partial charge in [0.05, 0.1) is 6.61 Å². The van der Waals surface area contributed by atoms with Gasteiger partial charge in [0.15, 0.2) is 0 Å². The Morgan fingerprint density at radius 3 is 3.00 bits per heavy atom. The summed E-state index contributed by atoms with van der Waals surface area (Å²) >= 11 is 0. The number of aromatic nitrogens is 3. The van der Waals surface area contributed by atoms with E-state index in [4.69, 9.17) is 4.74 Å². The summed E-state index contributed by atoms with van der Waals surface area (Å²) in [6.07, 6.45) is 0.544. The van der Waals surface area contributed by atoms with E-state index in [0.717, 1.165) is 5.56 Å². The van der Waals surface area contributed by atoms with Gasteiger partial charge in [-0.1, -0.05) is 6.07 Å². The molecule has 0 unspecified atom stereocenters. The highest BCUT2D eigenvalue weighted by molar-refractivity contribution is 5.71. The summed E-state index contributed by atoms with van der Waals surface area (Å²) in [6, 6.07) is 5.48. The van der Waals surface area contributed by atoms with E-state index in [1.54, 1.807) is 13.2 Å². The maximum atomic E-state index is 11.6. The Labute approximate surface area is 93.3 Å². The highest BCUT2D eigenvalue weighted by atomic mass is 16.5. The normalized spacial score (nSPS) is 10.9. The minimum atomic E-state index is 0.492. The second-order valence-corrected chi connectivity index (χ2v) is 3.64. The first kappa shape index (κ1) is 10.8. The molecule has 0 saturated heterocycles. The zero-order valence-corrected chi connectivity index (χ0v) is 9.30. The van der Waals surface area contributed by atoms with Gasteiger partial charge >= 0.3 is 0 Å². The van der Waals surface area contributed by atoms with Crippen molar-refractivity contribution in [3.05, 3.63) is 34.8 Å². The van der Waals surface area contributed by atoms with Gasteiger partial charge in [0.1, 0.15) is 5.52 Å². The first-order valence-corrected chi connectivity index (χ1v) is 5.07. The number of hydrogen-bond acceptors (Lipinski definition) is 4. The lowest BCUT2D eigenvalue weighted by molar-refractivity contribution is -0.644. The molecule has 1 aromatic heterocycles. The molecular formula is C11H13N3O2. The van der Waals surface area contributed by atoms with Crippen LogP contribution in [-0.4, -0.2) is 23.8 Å². The van der Waals surface area contributed by atoms with Gasteiger partial charge in [-0.15, -0.1) is 0 Å². The summed E-state index contributed by atoms with van der Waals surface area (Å²) in [7, 11) is 1.61. The van der Waals surface area contributed by atoms with Crippen LogP contribution in [0.5, 0.6) is 0 Å². The SMILES string of the molecule is COCCc1nc2cc(C)ccc2[n+]([O-])n1. The fraction of sp³-hybridized carbons (Fsp3) is 0.364. The van der Waals surface area contributed by atoms with Crippen LogP contribution in [0.15, 0.2) is 18.2 Å². The van der Waals surface area contributed by atoms with E-state index >= 15 is 0 Å².